The van der Waals surface area contributed by atoms with Crippen LogP contribution in [0.15, 0.2) is 53.1 Å². The van der Waals surface area contributed by atoms with Crippen LogP contribution in [0, 0.1) is 13.8 Å². The van der Waals surface area contributed by atoms with Gasteiger partial charge in [-0.2, -0.15) is 5.10 Å². The summed E-state index contributed by atoms with van der Waals surface area (Å²) in [5.74, 6) is -0.480. The fraction of sp³-hybridized carbons (Fsp3) is 0.185. The quantitative estimate of drug-likeness (QED) is 0.252. The standard InChI is InChI=1S/C27H23F2N5O4S/c1-13-5-4-6-15(9-13)37-12-16-7-8-20(38-16)26(36)33-22-21-17(18-11-31-34(3)14(18)2)10-19(24(28)29)32-27(21)39-23(22)25(30)35/h4-11,24H,12H2,1-3H3,(H2,30,35)(H,33,36). The smallest absolute Gasteiger partial charge is 0.291 e. The van der Waals surface area contributed by atoms with E-state index in [1.54, 1.807) is 24.7 Å². The Bertz CT molecular complexity index is 1720. The second-order valence-corrected chi connectivity index (χ2v) is 9.84. The van der Waals surface area contributed by atoms with Crippen molar-refractivity contribution in [3.05, 3.63) is 82.0 Å². The largest absolute Gasteiger partial charge is 0.486 e. The van der Waals surface area contributed by atoms with Crippen molar-refractivity contribution in [1.82, 2.24) is 14.8 Å². The molecule has 0 bridgehead atoms. The minimum Gasteiger partial charge on any atom is -0.486 e. The van der Waals surface area contributed by atoms with E-state index >= 15 is 0 Å². The van der Waals surface area contributed by atoms with E-state index in [0.29, 0.717) is 33.7 Å². The number of anilines is 1. The number of nitrogens with zero attached hydrogens (tertiary/aromatic N) is 3. The number of ether oxygens (including phenoxy) is 1. The summed E-state index contributed by atoms with van der Waals surface area (Å²) in [5, 5.41) is 7.20. The minimum atomic E-state index is -2.86. The summed E-state index contributed by atoms with van der Waals surface area (Å²) in [6, 6.07) is 11.8. The Balaban J connectivity index is 1.51. The summed E-state index contributed by atoms with van der Waals surface area (Å²) in [4.78, 5) is 29.7. The number of rotatable bonds is 8. The molecule has 200 valence electrons. The number of nitrogens with two attached hydrogens (primary N) is 1. The lowest BCUT2D eigenvalue weighted by molar-refractivity contribution is 0.0992. The number of alkyl halides is 2. The van der Waals surface area contributed by atoms with Gasteiger partial charge in [0, 0.05) is 23.7 Å². The van der Waals surface area contributed by atoms with Gasteiger partial charge >= 0.3 is 0 Å². The first-order valence-electron chi connectivity index (χ1n) is 11.8. The van der Waals surface area contributed by atoms with Gasteiger partial charge in [-0.25, -0.2) is 13.8 Å². The molecule has 0 aliphatic heterocycles. The number of furan rings is 1. The van der Waals surface area contributed by atoms with Crippen LogP contribution in [0.3, 0.4) is 0 Å². The zero-order valence-corrected chi connectivity index (χ0v) is 21.9. The Morgan fingerprint density at radius 3 is 2.64 bits per heavy atom. The van der Waals surface area contributed by atoms with Crippen molar-refractivity contribution in [2.45, 2.75) is 26.9 Å². The number of carbonyl (C=O) groups excluding carboxylic acids is 2. The van der Waals surface area contributed by atoms with Crippen LogP contribution in [0.2, 0.25) is 0 Å². The van der Waals surface area contributed by atoms with Gasteiger partial charge in [0.25, 0.3) is 18.2 Å². The molecule has 1 aromatic carbocycles. The zero-order valence-electron chi connectivity index (χ0n) is 21.1. The average molecular weight is 552 g/mol. The molecule has 0 saturated heterocycles. The van der Waals surface area contributed by atoms with Crippen LogP contribution >= 0.6 is 11.3 Å². The Hall–Kier alpha value is -4.58. The first-order valence-corrected chi connectivity index (χ1v) is 12.6. The number of pyridine rings is 1. The third kappa shape index (κ3) is 5.10. The number of benzene rings is 1. The molecule has 0 atom stereocenters. The topological polar surface area (TPSA) is 125 Å². The van der Waals surface area contributed by atoms with Gasteiger partial charge in [0.2, 0.25) is 0 Å². The van der Waals surface area contributed by atoms with Crippen molar-refractivity contribution in [2.24, 2.45) is 12.8 Å². The molecule has 39 heavy (non-hydrogen) atoms. The number of carbonyl (C=O) groups is 2. The molecule has 4 aromatic heterocycles. The fourth-order valence-corrected chi connectivity index (χ4v) is 5.12. The van der Waals surface area contributed by atoms with Gasteiger partial charge in [-0.15, -0.1) is 11.3 Å². The molecule has 9 nitrogen and oxygen atoms in total. The lowest BCUT2D eigenvalue weighted by Gasteiger charge is -2.10. The van der Waals surface area contributed by atoms with Crippen LogP contribution in [-0.4, -0.2) is 26.6 Å². The predicted molar refractivity (Wildman–Crippen MR) is 142 cm³/mol. The Labute approximate surface area is 225 Å². The Kier molecular flexibility index (Phi) is 6.87. The monoisotopic (exact) mass is 551 g/mol. The third-order valence-corrected chi connectivity index (χ3v) is 7.25. The highest BCUT2D eigenvalue weighted by molar-refractivity contribution is 7.21. The normalized spacial score (nSPS) is 11.3. The van der Waals surface area contributed by atoms with Crippen molar-refractivity contribution < 1.29 is 27.5 Å². The summed E-state index contributed by atoms with van der Waals surface area (Å²) in [5.41, 5.74) is 7.82. The molecular weight excluding hydrogens is 528 g/mol. The van der Waals surface area contributed by atoms with Gasteiger partial charge < -0.3 is 20.2 Å². The van der Waals surface area contributed by atoms with E-state index in [1.165, 1.54) is 18.3 Å². The molecule has 0 unspecified atom stereocenters. The number of aromatic nitrogens is 3. The maximum Gasteiger partial charge on any atom is 0.291 e. The number of aryl methyl sites for hydroxylation is 2. The van der Waals surface area contributed by atoms with Crippen LogP contribution in [-0.2, 0) is 13.7 Å². The molecule has 0 saturated carbocycles. The predicted octanol–water partition coefficient (Wildman–Crippen LogP) is 5.77. The summed E-state index contributed by atoms with van der Waals surface area (Å²) >= 11 is 0.823. The second kappa shape index (κ2) is 10.3. The highest BCUT2D eigenvalue weighted by Gasteiger charge is 2.27. The molecule has 5 aromatic rings. The van der Waals surface area contributed by atoms with E-state index in [0.717, 1.165) is 16.9 Å². The van der Waals surface area contributed by atoms with E-state index in [-0.39, 0.29) is 27.8 Å². The number of fused-ring (bicyclic) bond motifs is 1. The molecule has 4 heterocycles. The molecule has 0 spiro atoms. The van der Waals surface area contributed by atoms with Crippen molar-refractivity contribution in [3.63, 3.8) is 0 Å². The molecule has 0 radical (unpaired) electrons. The van der Waals surface area contributed by atoms with Gasteiger partial charge in [-0.3, -0.25) is 14.3 Å². The maximum absolute atomic E-state index is 13.7. The second-order valence-electron chi connectivity index (χ2n) is 8.84. The molecule has 5 rings (SSSR count). The van der Waals surface area contributed by atoms with Crippen molar-refractivity contribution in [2.75, 3.05) is 5.32 Å². The number of nitrogens with one attached hydrogen (secondary N) is 1. The zero-order chi connectivity index (χ0) is 27.8. The van der Waals surface area contributed by atoms with Gasteiger partial charge in [0.15, 0.2) is 5.76 Å². The lowest BCUT2D eigenvalue weighted by atomic mass is 10.0. The van der Waals surface area contributed by atoms with Crippen LogP contribution in [0.5, 0.6) is 5.75 Å². The van der Waals surface area contributed by atoms with Crippen LogP contribution in [0.1, 0.15) is 49.4 Å². The Morgan fingerprint density at radius 2 is 1.97 bits per heavy atom. The number of amides is 2. The minimum absolute atomic E-state index is 0.0328. The van der Waals surface area contributed by atoms with Crippen LogP contribution in [0.25, 0.3) is 21.3 Å². The van der Waals surface area contributed by atoms with Gasteiger partial charge in [0.1, 0.15) is 33.5 Å². The Morgan fingerprint density at radius 1 is 1.18 bits per heavy atom. The first-order chi connectivity index (χ1) is 18.6. The van der Waals surface area contributed by atoms with Gasteiger partial charge in [0.05, 0.1) is 11.9 Å². The number of thiophene rings is 1. The van der Waals surface area contributed by atoms with E-state index in [1.807, 2.05) is 31.2 Å². The van der Waals surface area contributed by atoms with Crippen LogP contribution in [0.4, 0.5) is 14.5 Å². The third-order valence-electron chi connectivity index (χ3n) is 6.15. The lowest BCUT2D eigenvalue weighted by Crippen LogP contribution is -2.16. The average Bonchev–Trinajstić information content (AvgIpc) is 3.60. The van der Waals surface area contributed by atoms with E-state index in [4.69, 9.17) is 14.9 Å². The molecule has 3 N–H and O–H groups in total. The fourth-order valence-electron chi connectivity index (χ4n) is 4.11. The van der Waals surface area contributed by atoms with E-state index in [9.17, 15) is 18.4 Å². The molecule has 0 aliphatic carbocycles. The van der Waals surface area contributed by atoms with Crippen molar-refractivity contribution in [1.29, 1.82) is 0 Å². The summed E-state index contributed by atoms with van der Waals surface area (Å²) in [7, 11) is 1.72. The summed E-state index contributed by atoms with van der Waals surface area (Å²) in [6.45, 7) is 3.82. The van der Waals surface area contributed by atoms with Gasteiger partial charge in [-0.05, 0) is 55.3 Å². The van der Waals surface area contributed by atoms with Crippen LogP contribution < -0.4 is 15.8 Å². The van der Waals surface area contributed by atoms with E-state index in [2.05, 4.69) is 15.4 Å². The number of halogens is 2. The SMILES string of the molecule is Cc1cccc(OCc2ccc(C(=O)Nc3c(C(N)=O)sc4nc(C(F)F)cc(-c5cnn(C)c5C)c34)o2)c1. The molecule has 0 aliphatic rings. The molecule has 0 fully saturated rings. The maximum atomic E-state index is 13.7. The molecule has 2 amide bonds. The highest BCUT2D eigenvalue weighted by Crippen LogP contribution is 2.43. The van der Waals surface area contributed by atoms with Crippen molar-refractivity contribution in [3.8, 4) is 16.9 Å². The number of primary amides is 1. The summed E-state index contributed by atoms with van der Waals surface area (Å²) < 4.78 is 40.4. The van der Waals surface area contributed by atoms with Crippen molar-refractivity contribution >= 4 is 39.1 Å². The molecule has 12 heteroatoms. The molecular formula is C27H23F2N5O4S. The number of hydrogen-bond donors (Lipinski definition) is 2. The summed E-state index contributed by atoms with van der Waals surface area (Å²) in [6.07, 6.45) is -1.33. The number of hydrogen-bond acceptors (Lipinski definition) is 7. The van der Waals surface area contributed by atoms with Gasteiger partial charge in [-0.1, -0.05) is 12.1 Å². The van der Waals surface area contributed by atoms with E-state index < -0.39 is 23.9 Å². The highest BCUT2D eigenvalue weighted by atomic mass is 32.1. The first kappa shape index (κ1) is 26.0.